The van der Waals surface area contributed by atoms with Crippen molar-refractivity contribution in [3.63, 3.8) is 0 Å². The first-order chi connectivity index (χ1) is 6.20. The van der Waals surface area contributed by atoms with Crippen LogP contribution < -0.4 is 10.4 Å². The van der Waals surface area contributed by atoms with Gasteiger partial charge in [-0.3, -0.25) is 0 Å². The van der Waals surface area contributed by atoms with Gasteiger partial charge in [-0.2, -0.15) is 0 Å². The van der Waals surface area contributed by atoms with Crippen molar-refractivity contribution < 1.29 is 9.47 Å². The fourth-order valence-corrected chi connectivity index (χ4v) is 0.969. The summed E-state index contributed by atoms with van der Waals surface area (Å²) in [5.74, 6) is 0. The molecule has 0 aromatic carbocycles. The normalized spacial score (nSPS) is 10.4. The van der Waals surface area contributed by atoms with Crippen molar-refractivity contribution in [1.29, 1.82) is 0 Å². The van der Waals surface area contributed by atoms with Crippen LogP contribution in [0.1, 0.15) is 0 Å². The van der Waals surface area contributed by atoms with E-state index in [9.17, 15) is 4.79 Å². The molecule has 0 atom stereocenters. The molecule has 1 rings (SSSR count). The smallest absolute Gasteiger partial charge is 0.348 e. The van der Waals surface area contributed by atoms with Gasteiger partial charge in [0.1, 0.15) is 0 Å². The third-order valence-electron chi connectivity index (χ3n) is 1.69. The largest absolute Gasteiger partial charge is 0.467 e. The van der Waals surface area contributed by atoms with Gasteiger partial charge in [-0.25, -0.2) is 14.0 Å². The van der Waals surface area contributed by atoms with Gasteiger partial charge in [-0.15, -0.1) is 5.10 Å². The van der Waals surface area contributed by atoms with Crippen molar-refractivity contribution in [2.75, 3.05) is 20.8 Å². The molecule has 0 amide bonds. The maximum absolute atomic E-state index is 11.4. The SMILES string of the molecule is COCCn1nc(OC)n(C)c1=O. The summed E-state index contributed by atoms with van der Waals surface area (Å²) in [7, 11) is 4.66. The second-order valence-electron chi connectivity index (χ2n) is 2.54. The molecule has 6 heteroatoms. The summed E-state index contributed by atoms with van der Waals surface area (Å²) in [6.07, 6.45) is 0. The molecule has 0 bridgehead atoms. The summed E-state index contributed by atoms with van der Waals surface area (Å²) >= 11 is 0. The second-order valence-corrected chi connectivity index (χ2v) is 2.54. The minimum absolute atomic E-state index is 0.200. The molecular formula is C7H13N3O3. The molecule has 0 N–H and O–H groups in total. The first-order valence-electron chi connectivity index (χ1n) is 3.87. The van der Waals surface area contributed by atoms with E-state index in [-0.39, 0.29) is 5.69 Å². The Balaban J connectivity index is 2.89. The number of ether oxygens (including phenoxy) is 2. The van der Waals surface area contributed by atoms with Gasteiger partial charge in [0, 0.05) is 14.2 Å². The van der Waals surface area contributed by atoms with Crippen molar-refractivity contribution in [3.8, 4) is 6.01 Å². The summed E-state index contributed by atoms with van der Waals surface area (Å²) in [5, 5.41) is 3.93. The van der Waals surface area contributed by atoms with Crippen LogP contribution in [-0.4, -0.2) is 35.2 Å². The zero-order valence-corrected chi connectivity index (χ0v) is 7.98. The summed E-state index contributed by atoms with van der Waals surface area (Å²) < 4.78 is 12.4. The standard InChI is InChI=1S/C7H13N3O3/c1-9-6(13-3)8-10(7(9)11)4-5-12-2/h4-5H2,1-3H3. The quantitative estimate of drug-likeness (QED) is 0.621. The van der Waals surface area contributed by atoms with E-state index in [1.54, 1.807) is 14.2 Å². The monoisotopic (exact) mass is 187 g/mol. The molecule has 6 nitrogen and oxygen atoms in total. The zero-order valence-electron chi connectivity index (χ0n) is 7.98. The number of nitrogens with zero attached hydrogens (tertiary/aromatic N) is 3. The second kappa shape index (κ2) is 4.08. The molecule has 0 spiro atoms. The predicted octanol–water partition coefficient (Wildman–Crippen LogP) is -0.763. The van der Waals surface area contributed by atoms with Crippen LogP contribution in [0.5, 0.6) is 6.01 Å². The van der Waals surface area contributed by atoms with Crippen LogP contribution in [-0.2, 0) is 18.3 Å². The number of rotatable bonds is 4. The maximum Gasteiger partial charge on any atom is 0.348 e. The van der Waals surface area contributed by atoms with Gasteiger partial charge in [-0.05, 0) is 0 Å². The zero-order chi connectivity index (χ0) is 9.84. The number of hydrogen-bond donors (Lipinski definition) is 0. The predicted molar refractivity (Wildman–Crippen MR) is 45.9 cm³/mol. The lowest BCUT2D eigenvalue weighted by Gasteiger charge is -1.95. The lowest BCUT2D eigenvalue weighted by molar-refractivity contribution is 0.181. The number of aromatic nitrogens is 3. The Kier molecular flexibility index (Phi) is 3.07. The lowest BCUT2D eigenvalue weighted by Crippen LogP contribution is -2.24. The molecule has 0 saturated carbocycles. The van der Waals surface area contributed by atoms with E-state index in [2.05, 4.69) is 5.10 Å². The van der Waals surface area contributed by atoms with Crippen molar-refractivity contribution in [1.82, 2.24) is 14.3 Å². The number of methoxy groups -OCH3 is 2. The van der Waals surface area contributed by atoms with E-state index < -0.39 is 0 Å². The molecule has 74 valence electrons. The Morgan fingerprint density at radius 3 is 2.62 bits per heavy atom. The number of hydrogen-bond acceptors (Lipinski definition) is 4. The van der Waals surface area contributed by atoms with E-state index >= 15 is 0 Å². The third-order valence-corrected chi connectivity index (χ3v) is 1.69. The first-order valence-corrected chi connectivity index (χ1v) is 3.87. The molecular weight excluding hydrogens is 174 g/mol. The van der Waals surface area contributed by atoms with Gasteiger partial charge in [-0.1, -0.05) is 0 Å². The van der Waals surface area contributed by atoms with Gasteiger partial charge < -0.3 is 9.47 Å². The average molecular weight is 187 g/mol. The fraction of sp³-hybridized carbons (Fsp3) is 0.714. The van der Waals surface area contributed by atoms with Crippen LogP contribution in [0.3, 0.4) is 0 Å². The molecule has 0 fully saturated rings. The summed E-state index contributed by atoms with van der Waals surface area (Å²) in [6, 6.07) is 0.307. The first kappa shape index (κ1) is 9.79. The summed E-state index contributed by atoms with van der Waals surface area (Å²) in [6.45, 7) is 0.895. The highest BCUT2D eigenvalue weighted by Gasteiger charge is 2.08. The van der Waals surface area contributed by atoms with Gasteiger partial charge in [0.05, 0.1) is 20.3 Å². The minimum atomic E-state index is -0.200. The third kappa shape index (κ3) is 1.89. The Bertz CT molecular complexity index is 328. The minimum Gasteiger partial charge on any atom is -0.467 e. The van der Waals surface area contributed by atoms with Crippen LogP contribution in [0.25, 0.3) is 0 Å². The molecule has 0 aliphatic heterocycles. The lowest BCUT2D eigenvalue weighted by atomic mass is 10.7. The molecule has 0 aliphatic carbocycles. The highest BCUT2D eigenvalue weighted by Crippen LogP contribution is 1.98. The van der Waals surface area contributed by atoms with Crippen molar-refractivity contribution in [2.45, 2.75) is 6.54 Å². The van der Waals surface area contributed by atoms with Crippen LogP contribution in [0.4, 0.5) is 0 Å². The van der Waals surface area contributed by atoms with Crippen molar-refractivity contribution in [2.24, 2.45) is 7.05 Å². The van der Waals surface area contributed by atoms with Gasteiger partial charge in [0.2, 0.25) is 0 Å². The molecule has 0 unspecified atom stereocenters. The maximum atomic E-state index is 11.4. The summed E-state index contributed by atoms with van der Waals surface area (Å²) in [5.41, 5.74) is -0.200. The Morgan fingerprint density at radius 1 is 1.46 bits per heavy atom. The van der Waals surface area contributed by atoms with Gasteiger partial charge >= 0.3 is 11.7 Å². The Labute approximate surface area is 75.7 Å². The molecule has 0 radical (unpaired) electrons. The van der Waals surface area contributed by atoms with Crippen LogP contribution in [0.15, 0.2) is 4.79 Å². The fourth-order valence-electron chi connectivity index (χ4n) is 0.969. The van der Waals surface area contributed by atoms with Crippen molar-refractivity contribution in [3.05, 3.63) is 10.5 Å². The molecule has 1 aromatic heterocycles. The molecule has 0 saturated heterocycles. The van der Waals surface area contributed by atoms with E-state index in [0.29, 0.717) is 19.2 Å². The van der Waals surface area contributed by atoms with E-state index in [0.717, 1.165) is 0 Å². The average Bonchev–Trinajstić information content (AvgIpc) is 2.41. The molecule has 1 heterocycles. The van der Waals surface area contributed by atoms with E-state index in [1.807, 2.05) is 0 Å². The van der Waals surface area contributed by atoms with E-state index in [1.165, 1.54) is 16.4 Å². The molecule has 13 heavy (non-hydrogen) atoms. The summed E-state index contributed by atoms with van der Waals surface area (Å²) in [4.78, 5) is 11.4. The Morgan fingerprint density at radius 2 is 2.15 bits per heavy atom. The van der Waals surface area contributed by atoms with Gasteiger partial charge in [0.15, 0.2) is 0 Å². The van der Waals surface area contributed by atoms with Crippen molar-refractivity contribution >= 4 is 0 Å². The van der Waals surface area contributed by atoms with Gasteiger partial charge in [0.25, 0.3) is 0 Å². The van der Waals surface area contributed by atoms with E-state index in [4.69, 9.17) is 9.47 Å². The molecule has 1 aromatic rings. The topological polar surface area (TPSA) is 58.3 Å². The molecule has 0 aliphatic rings. The van der Waals surface area contributed by atoms with Crippen LogP contribution >= 0.6 is 0 Å². The van der Waals surface area contributed by atoms with Crippen LogP contribution in [0, 0.1) is 0 Å². The Hall–Kier alpha value is -1.30. The highest BCUT2D eigenvalue weighted by atomic mass is 16.5. The van der Waals surface area contributed by atoms with Crippen LogP contribution in [0.2, 0.25) is 0 Å². The highest BCUT2D eigenvalue weighted by molar-refractivity contribution is 4.91.